The third-order valence-electron chi connectivity index (χ3n) is 6.80. The first-order valence-electron chi connectivity index (χ1n) is 12.0. The van der Waals surface area contributed by atoms with Crippen LogP contribution in [-0.2, 0) is 13.1 Å². The molecule has 1 N–H and O–H groups in total. The van der Waals surface area contributed by atoms with Crippen molar-refractivity contribution in [1.29, 1.82) is 0 Å². The Kier molecular flexibility index (Phi) is 7.93. The molecule has 32 heavy (non-hydrogen) atoms. The van der Waals surface area contributed by atoms with Crippen LogP contribution in [0.25, 0.3) is 0 Å². The largest absolute Gasteiger partial charge is 0.352 e. The molecule has 0 amide bonds. The smallest absolute Gasteiger partial charge is 0.225 e. The average Bonchev–Trinajstić information content (AvgIpc) is 2.87. The highest BCUT2D eigenvalue weighted by Gasteiger charge is 2.22. The van der Waals surface area contributed by atoms with E-state index in [1.54, 1.807) is 12.4 Å². The predicted molar refractivity (Wildman–Crippen MR) is 131 cm³/mol. The van der Waals surface area contributed by atoms with Gasteiger partial charge in [-0.2, -0.15) is 0 Å². The second-order valence-corrected chi connectivity index (χ2v) is 8.90. The minimum absolute atomic E-state index is 0.724. The fraction of sp³-hybridized carbons (Fsp3) is 0.560. The van der Waals surface area contributed by atoms with Gasteiger partial charge in [0.1, 0.15) is 0 Å². The van der Waals surface area contributed by atoms with Gasteiger partial charge in [0.2, 0.25) is 5.95 Å². The zero-order valence-corrected chi connectivity index (χ0v) is 19.6. The predicted octanol–water partition coefficient (Wildman–Crippen LogP) is 3.14. The van der Waals surface area contributed by atoms with Crippen LogP contribution in [0.5, 0.6) is 0 Å². The van der Waals surface area contributed by atoms with E-state index >= 15 is 0 Å². The van der Waals surface area contributed by atoms with Gasteiger partial charge < -0.3 is 15.1 Å². The number of piperazine rings is 1. The molecule has 172 valence electrons. The molecule has 0 atom stereocenters. The molecule has 1 aromatic carbocycles. The summed E-state index contributed by atoms with van der Waals surface area (Å²) in [5.41, 5.74) is 2.77. The molecule has 4 rings (SSSR count). The van der Waals surface area contributed by atoms with E-state index < -0.39 is 0 Å². The Morgan fingerprint density at radius 3 is 2.38 bits per heavy atom. The number of benzene rings is 1. The van der Waals surface area contributed by atoms with Gasteiger partial charge in [0.05, 0.1) is 0 Å². The number of nitrogens with one attached hydrogen (secondary N) is 1. The van der Waals surface area contributed by atoms with Crippen LogP contribution in [0.15, 0.2) is 47.7 Å². The molecule has 2 heterocycles. The van der Waals surface area contributed by atoms with Crippen LogP contribution in [0.2, 0.25) is 0 Å². The summed E-state index contributed by atoms with van der Waals surface area (Å²) < 4.78 is 0. The molecule has 2 aliphatic rings. The molecule has 1 aliphatic carbocycles. The molecule has 1 saturated carbocycles. The minimum atomic E-state index is 0.724. The van der Waals surface area contributed by atoms with Crippen LogP contribution < -0.4 is 10.2 Å². The first-order chi connectivity index (χ1) is 15.7. The molecule has 0 radical (unpaired) electrons. The Labute approximate surface area is 192 Å². The first kappa shape index (κ1) is 22.5. The number of hydrogen-bond acceptors (Lipinski definition) is 5. The minimum Gasteiger partial charge on any atom is -0.352 e. The molecular formula is C25H37N7. The third-order valence-corrected chi connectivity index (χ3v) is 6.80. The molecule has 7 nitrogen and oxygen atoms in total. The van der Waals surface area contributed by atoms with Gasteiger partial charge in [-0.25, -0.2) is 9.97 Å². The Morgan fingerprint density at radius 1 is 1.00 bits per heavy atom. The topological polar surface area (TPSA) is 59.9 Å². The number of guanidine groups is 1. The highest BCUT2D eigenvalue weighted by atomic mass is 15.4. The van der Waals surface area contributed by atoms with Gasteiger partial charge in [-0.3, -0.25) is 9.89 Å². The molecule has 7 heteroatoms. The monoisotopic (exact) mass is 435 g/mol. The van der Waals surface area contributed by atoms with E-state index in [1.165, 1.54) is 43.2 Å². The van der Waals surface area contributed by atoms with Crippen molar-refractivity contribution in [3.63, 3.8) is 0 Å². The fourth-order valence-electron chi connectivity index (χ4n) is 4.88. The standard InChI is InChI=1S/C25H37N7/c1-26-24(31-15-17-32(18-16-31)25-27-13-8-14-28-25)29-19-21-9-6-7-10-22(21)20-30(2)23-11-4-3-5-12-23/h6-10,13-14,23H,3-5,11-12,15-20H2,1-2H3,(H,26,29). The lowest BCUT2D eigenvalue weighted by atomic mass is 9.94. The number of anilines is 1. The summed E-state index contributed by atoms with van der Waals surface area (Å²) in [5.74, 6) is 1.78. The molecule has 0 spiro atoms. The maximum Gasteiger partial charge on any atom is 0.225 e. The van der Waals surface area contributed by atoms with Crippen molar-refractivity contribution < 1.29 is 0 Å². The van der Waals surface area contributed by atoms with Gasteiger partial charge in [0.25, 0.3) is 0 Å². The molecule has 0 unspecified atom stereocenters. The van der Waals surface area contributed by atoms with Crippen LogP contribution in [0, 0.1) is 0 Å². The summed E-state index contributed by atoms with van der Waals surface area (Å²) in [6, 6.07) is 11.4. The van der Waals surface area contributed by atoms with Crippen molar-refractivity contribution in [3.05, 3.63) is 53.9 Å². The van der Waals surface area contributed by atoms with Gasteiger partial charge in [-0.15, -0.1) is 0 Å². The van der Waals surface area contributed by atoms with Crippen molar-refractivity contribution >= 4 is 11.9 Å². The zero-order chi connectivity index (χ0) is 22.2. The number of hydrogen-bond donors (Lipinski definition) is 1. The van der Waals surface area contributed by atoms with Crippen molar-refractivity contribution in [3.8, 4) is 0 Å². The number of nitrogens with zero attached hydrogens (tertiary/aromatic N) is 6. The zero-order valence-electron chi connectivity index (χ0n) is 19.6. The van der Waals surface area contributed by atoms with Gasteiger partial charge in [0, 0.05) is 64.8 Å². The maximum atomic E-state index is 4.56. The second-order valence-electron chi connectivity index (χ2n) is 8.90. The lowest BCUT2D eigenvalue weighted by molar-refractivity contribution is 0.184. The van der Waals surface area contributed by atoms with Crippen molar-refractivity contribution in [2.45, 2.75) is 51.2 Å². The third kappa shape index (κ3) is 5.76. The van der Waals surface area contributed by atoms with E-state index in [4.69, 9.17) is 0 Å². The van der Waals surface area contributed by atoms with Crippen LogP contribution in [0.4, 0.5) is 5.95 Å². The van der Waals surface area contributed by atoms with Gasteiger partial charge in [-0.05, 0) is 37.1 Å². The van der Waals surface area contributed by atoms with E-state index in [9.17, 15) is 0 Å². The summed E-state index contributed by atoms with van der Waals surface area (Å²) in [6.07, 6.45) is 10.4. The lowest BCUT2D eigenvalue weighted by Crippen LogP contribution is -2.52. The molecular weight excluding hydrogens is 398 g/mol. The van der Waals surface area contributed by atoms with Crippen LogP contribution in [-0.4, -0.2) is 72.0 Å². The van der Waals surface area contributed by atoms with Crippen molar-refractivity contribution in [2.24, 2.45) is 4.99 Å². The van der Waals surface area contributed by atoms with Crippen molar-refractivity contribution in [1.82, 2.24) is 25.1 Å². The Hall–Kier alpha value is -2.67. The van der Waals surface area contributed by atoms with Crippen LogP contribution >= 0.6 is 0 Å². The normalized spacial score (nSPS) is 18.3. The Bertz CT molecular complexity index is 856. The van der Waals surface area contributed by atoms with Gasteiger partial charge in [0.15, 0.2) is 5.96 Å². The summed E-state index contributed by atoms with van der Waals surface area (Å²) in [5, 5.41) is 3.61. The van der Waals surface area contributed by atoms with Gasteiger partial charge in [-0.1, -0.05) is 43.5 Å². The molecule has 1 aliphatic heterocycles. The Morgan fingerprint density at radius 2 is 1.69 bits per heavy atom. The molecule has 0 bridgehead atoms. The van der Waals surface area contributed by atoms with Gasteiger partial charge >= 0.3 is 0 Å². The summed E-state index contributed by atoms with van der Waals surface area (Å²) >= 11 is 0. The maximum absolute atomic E-state index is 4.56. The summed E-state index contributed by atoms with van der Waals surface area (Å²) in [7, 11) is 4.16. The first-order valence-corrected chi connectivity index (χ1v) is 12.0. The fourth-order valence-corrected chi connectivity index (χ4v) is 4.88. The average molecular weight is 436 g/mol. The highest BCUT2D eigenvalue weighted by Crippen LogP contribution is 2.23. The number of rotatable bonds is 6. The summed E-state index contributed by atoms with van der Waals surface area (Å²) in [6.45, 7) is 5.41. The van der Waals surface area contributed by atoms with Crippen LogP contribution in [0.1, 0.15) is 43.2 Å². The van der Waals surface area contributed by atoms with E-state index in [0.717, 1.165) is 57.2 Å². The lowest BCUT2D eigenvalue weighted by Gasteiger charge is -2.36. The van der Waals surface area contributed by atoms with Crippen molar-refractivity contribution in [2.75, 3.05) is 45.2 Å². The molecule has 1 aromatic heterocycles. The SMILES string of the molecule is CN=C(NCc1ccccc1CN(C)C1CCCCC1)N1CCN(c2ncccn2)CC1. The second kappa shape index (κ2) is 11.3. The molecule has 1 saturated heterocycles. The van der Waals surface area contributed by atoms with E-state index in [0.29, 0.717) is 0 Å². The number of aliphatic imine (C=N–C) groups is 1. The number of aromatic nitrogens is 2. The molecule has 2 fully saturated rings. The Balaban J connectivity index is 1.32. The van der Waals surface area contributed by atoms with Crippen LogP contribution in [0.3, 0.4) is 0 Å². The molecule has 2 aromatic rings. The quantitative estimate of drug-likeness (QED) is 0.556. The summed E-state index contributed by atoms with van der Waals surface area (Å²) in [4.78, 5) is 20.4. The van der Waals surface area contributed by atoms with E-state index in [-0.39, 0.29) is 0 Å². The highest BCUT2D eigenvalue weighted by molar-refractivity contribution is 5.80. The van der Waals surface area contributed by atoms with E-state index in [2.05, 4.69) is 66.3 Å². The van der Waals surface area contributed by atoms with E-state index in [1.807, 2.05) is 13.1 Å².